The first-order valence-electron chi connectivity index (χ1n) is 5.56. The van der Waals surface area contributed by atoms with Crippen molar-refractivity contribution in [2.75, 3.05) is 0 Å². The molecule has 0 radical (unpaired) electrons. The largest absolute Gasteiger partial charge is 0.321 e. The van der Waals surface area contributed by atoms with E-state index < -0.39 is 11.7 Å². The standard InChI is InChI=1S/C14H17N3/c15-13(11-7-3-1-4-8-11)14(16,17)12-9-5-2-6-10-12/h1-10,13H,15-17H2. The van der Waals surface area contributed by atoms with E-state index in [1.807, 2.05) is 60.7 Å². The molecule has 2 rings (SSSR count). The lowest BCUT2D eigenvalue weighted by Gasteiger charge is -2.32. The number of hydrogen-bond acceptors (Lipinski definition) is 3. The Bertz CT molecular complexity index is 465. The van der Waals surface area contributed by atoms with Gasteiger partial charge in [-0.15, -0.1) is 0 Å². The minimum atomic E-state index is -1.07. The zero-order valence-electron chi connectivity index (χ0n) is 9.58. The molecule has 0 aromatic heterocycles. The van der Waals surface area contributed by atoms with E-state index in [9.17, 15) is 0 Å². The molecule has 0 heterocycles. The summed E-state index contributed by atoms with van der Waals surface area (Å²) in [6, 6.07) is 18.7. The van der Waals surface area contributed by atoms with Crippen LogP contribution >= 0.6 is 0 Å². The monoisotopic (exact) mass is 227 g/mol. The van der Waals surface area contributed by atoms with Gasteiger partial charge in [0, 0.05) is 0 Å². The van der Waals surface area contributed by atoms with Gasteiger partial charge in [0.05, 0.1) is 6.04 Å². The zero-order chi connectivity index (χ0) is 12.3. The summed E-state index contributed by atoms with van der Waals surface area (Å²) in [5, 5.41) is 0. The normalized spacial score (nSPS) is 13.4. The Morgan fingerprint density at radius 2 is 1.24 bits per heavy atom. The summed E-state index contributed by atoms with van der Waals surface area (Å²) in [6.07, 6.45) is 0. The van der Waals surface area contributed by atoms with Gasteiger partial charge >= 0.3 is 0 Å². The second-order valence-corrected chi connectivity index (χ2v) is 4.19. The summed E-state index contributed by atoms with van der Waals surface area (Å²) in [5.41, 5.74) is 19.2. The lowest BCUT2D eigenvalue weighted by atomic mass is 9.89. The van der Waals surface area contributed by atoms with E-state index in [0.717, 1.165) is 11.1 Å². The third-order valence-corrected chi connectivity index (χ3v) is 2.95. The Labute approximate surface area is 101 Å². The lowest BCUT2D eigenvalue weighted by Crippen LogP contribution is -2.54. The quantitative estimate of drug-likeness (QED) is 0.695. The van der Waals surface area contributed by atoms with Crippen LogP contribution in [-0.4, -0.2) is 0 Å². The van der Waals surface area contributed by atoms with Crippen molar-refractivity contribution in [1.82, 2.24) is 0 Å². The second-order valence-electron chi connectivity index (χ2n) is 4.19. The van der Waals surface area contributed by atoms with Crippen molar-refractivity contribution < 1.29 is 0 Å². The molecule has 88 valence electrons. The van der Waals surface area contributed by atoms with Gasteiger partial charge in [-0.25, -0.2) is 0 Å². The molecule has 2 aromatic carbocycles. The summed E-state index contributed by atoms with van der Waals surface area (Å²) < 4.78 is 0. The van der Waals surface area contributed by atoms with Crippen molar-refractivity contribution in [1.29, 1.82) is 0 Å². The minimum absolute atomic E-state index is 0.439. The first kappa shape index (κ1) is 11.8. The topological polar surface area (TPSA) is 78.1 Å². The Morgan fingerprint density at radius 3 is 1.76 bits per heavy atom. The Balaban J connectivity index is 2.33. The number of nitrogens with two attached hydrogens (primary N) is 3. The third kappa shape index (κ3) is 2.36. The highest BCUT2D eigenvalue weighted by Crippen LogP contribution is 2.25. The molecular weight excluding hydrogens is 210 g/mol. The van der Waals surface area contributed by atoms with Crippen LogP contribution in [0.2, 0.25) is 0 Å². The highest BCUT2D eigenvalue weighted by molar-refractivity contribution is 5.30. The minimum Gasteiger partial charge on any atom is -0.321 e. The van der Waals surface area contributed by atoms with Gasteiger partial charge in [0.1, 0.15) is 5.66 Å². The van der Waals surface area contributed by atoms with Gasteiger partial charge in [-0.1, -0.05) is 60.7 Å². The number of rotatable bonds is 3. The van der Waals surface area contributed by atoms with Gasteiger partial charge in [-0.2, -0.15) is 0 Å². The van der Waals surface area contributed by atoms with Gasteiger partial charge < -0.3 is 17.2 Å². The van der Waals surface area contributed by atoms with E-state index in [1.54, 1.807) is 0 Å². The maximum atomic E-state index is 6.17. The predicted octanol–water partition coefficient (Wildman–Crippen LogP) is 1.46. The first-order valence-corrected chi connectivity index (χ1v) is 5.56. The Kier molecular flexibility index (Phi) is 3.24. The number of benzene rings is 2. The van der Waals surface area contributed by atoms with Crippen molar-refractivity contribution in [2.24, 2.45) is 17.2 Å². The molecule has 17 heavy (non-hydrogen) atoms. The average molecular weight is 227 g/mol. The number of hydrogen-bond donors (Lipinski definition) is 3. The van der Waals surface area contributed by atoms with Crippen LogP contribution in [0.25, 0.3) is 0 Å². The lowest BCUT2D eigenvalue weighted by molar-refractivity contribution is 0.373. The van der Waals surface area contributed by atoms with Gasteiger partial charge in [0.25, 0.3) is 0 Å². The van der Waals surface area contributed by atoms with Crippen LogP contribution in [-0.2, 0) is 5.66 Å². The van der Waals surface area contributed by atoms with Crippen LogP contribution in [0.5, 0.6) is 0 Å². The molecule has 0 spiro atoms. The van der Waals surface area contributed by atoms with Crippen molar-refractivity contribution in [2.45, 2.75) is 11.7 Å². The second kappa shape index (κ2) is 4.67. The van der Waals surface area contributed by atoms with Crippen LogP contribution < -0.4 is 17.2 Å². The van der Waals surface area contributed by atoms with E-state index in [-0.39, 0.29) is 0 Å². The summed E-state index contributed by atoms with van der Waals surface area (Å²) in [4.78, 5) is 0. The van der Waals surface area contributed by atoms with E-state index in [2.05, 4.69) is 0 Å². The smallest absolute Gasteiger partial charge is 0.110 e. The summed E-state index contributed by atoms with van der Waals surface area (Å²) in [5.74, 6) is 0. The molecule has 0 amide bonds. The molecule has 1 atom stereocenters. The van der Waals surface area contributed by atoms with Crippen LogP contribution in [0.3, 0.4) is 0 Å². The maximum Gasteiger partial charge on any atom is 0.110 e. The van der Waals surface area contributed by atoms with Crippen molar-refractivity contribution >= 4 is 0 Å². The Hall–Kier alpha value is -1.68. The summed E-state index contributed by atoms with van der Waals surface area (Å²) in [6.45, 7) is 0. The fraction of sp³-hybridized carbons (Fsp3) is 0.143. The SMILES string of the molecule is NC(c1ccccc1)C(N)(N)c1ccccc1. The molecule has 0 fully saturated rings. The van der Waals surface area contributed by atoms with Gasteiger partial charge in [-0.05, 0) is 11.1 Å². The molecule has 6 N–H and O–H groups in total. The Morgan fingerprint density at radius 1 is 0.765 bits per heavy atom. The fourth-order valence-electron chi connectivity index (χ4n) is 1.84. The average Bonchev–Trinajstić information content (AvgIpc) is 2.40. The first-order chi connectivity index (χ1) is 8.12. The summed E-state index contributed by atoms with van der Waals surface area (Å²) >= 11 is 0. The van der Waals surface area contributed by atoms with Crippen LogP contribution in [0.15, 0.2) is 60.7 Å². The molecule has 0 aliphatic carbocycles. The van der Waals surface area contributed by atoms with Crippen LogP contribution in [0.1, 0.15) is 17.2 Å². The highest BCUT2D eigenvalue weighted by Gasteiger charge is 2.30. The molecule has 0 aliphatic heterocycles. The summed E-state index contributed by atoms with van der Waals surface area (Å²) in [7, 11) is 0. The zero-order valence-corrected chi connectivity index (χ0v) is 9.58. The molecule has 1 unspecified atom stereocenters. The molecule has 0 aliphatic rings. The van der Waals surface area contributed by atoms with Crippen molar-refractivity contribution in [3.8, 4) is 0 Å². The molecule has 2 aromatic rings. The van der Waals surface area contributed by atoms with E-state index >= 15 is 0 Å². The molecule has 3 nitrogen and oxygen atoms in total. The molecular formula is C14H17N3. The highest BCUT2D eigenvalue weighted by atomic mass is 15.0. The van der Waals surface area contributed by atoms with Crippen LogP contribution in [0, 0.1) is 0 Å². The van der Waals surface area contributed by atoms with Crippen LogP contribution in [0.4, 0.5) is 0 Å². The van der Waals surface area contributed by atoms with E-state index in [0.29, 0.717) is 0 Å². The van der Waals surface area contributed by atoms with Gasteiger partial charge in [0.15, 0.2) is 0 Å². The molecule has 0 bridgehead atoms. The van der Waals surface area contributed by atoms with Crippen molar-refractivity contribution in [3.63, 3.8) is 0 Å². The van der Waals surface area contributed by atoms with E-state index in [1.165, 1.54) is 0 Å². The molecule has 0 saturated carbocycles. The molecule has 0 saturated heterocycles. The van der Waals surface area contributed by atoms with Gasteiger partial charge in [0.2, 0.25) is 0 Å². The fourth-order valence-corrected chi connectivity index (χ4v) is 1.84. The molecule has 3 heteroatoms. The van der Waals surface area contributed by atoms with Gasteiger partial charge in [-0.3, -0.25) is 0 Å². The van der Waals surface area contributed by atoms with Crippen molar-refractivity contribution in [3.05, 3.63) is 71.8 Å². The third-order valence-electron chi connectivity index (χ3n) is 2.95. The maximum absolute atomic E-state index is 6.17. The van der Waals surface area contributed by atoms with E-state index in [4.69, 9.17) is 17.2 Å². The predicted molar refractivity (Wildman–Crippen MR) is 69.9 cm³/mol.